The standard InChI is InChI=1S/C22H29NO2/c1-21-10-8-18-16(17(21)7-5-14(21)9-11-23)6-4-15-12-19(24)20(25-3)13-22(15,18)2/h9,12,16-18,20H,4-8,10,13H2,1-3H3/b14-9-/t16-,17-,18-,20-,21+,22-/m0/s1. The van der Waals surface area contributed by atoms with Crippen molar-refractivity contribution < 1.29 is 9.53 Å². The molecule has 0 unspecified atom stereocenters. The number of fused-ring (bicyclic) bond motifs is 5. The summed E-state index contributed by atoms with van der Waals surface area (Å²) in [4.78, 5) is 12.3. The molecule has 0 saturated heterocycles. The van der Waals surface area contributed by atoms with Gasteiger partial charge in [-0.2, -0.15) is 5.26 Å². The Morgan fingerprint density at radius 1 is 1.20 bits per heavy atom. The Morgan fingerprint density at radius 3 is 2.68 bits per heavy atom. The predicted octanol–water partition coefficient (Wildman–Crippen LogP) is 4.59. The van der Waals surface area contributed by atoms with Crippen molar-refractivity contribution in [3.63, 3.8) is 0 Å². The van der Waals surface area contributed by atoms with E-state index in [0.29, 0.717) is 11.8 Å². The van der Waals surface area contributed by atoms with Crippen LogP contribution in [0.25, 0.3) is 0 Å². The summed E-state index contributed by atoms with van der Waals surface area (Å²) in [6.07, 6.45) is 11.3. The van der Waals surface area contributed by atoms with E-state index in [4.69, 9.17) is 10.00 Å². The number of nitriles is 1. The van der Waals surface area contributed by atoms with E-state index in [1.165, 1.54) is 36.8 Å². The Hall–Kier alpha value is -1.40. The van der Waals surface area contributed by atoms with Gasteiger partial charge in [0.2, 0.25) is 0 Å². The minimum absolute atomic E-state index is 0.112. The van der Waals surface area contributed by atoms with E-state index in [9.17, 15) is 4.79 Å². The maximum absolute atomic E-state index is 12.3. The first-order valence-electron chi connectivity index (χ1n) is 9.81. The molecule has 6 atom stereocenters. The lowest BCUT2D eigenvalue weighted by molar-refractivity contribution is -0.130. The molecule has 4 aliphatic carbocycles. The third-order valence-corrected chi connectivity index (χ3v) is 8.35. The van der Waals surface area contributed by atoms with E-state index >= 15 is 0 Å². The van der Waals surface area contributed by atoms with Crippen molar-refractivity contribution in [1.29, 1.82) is 5.26 Å². The third kappa shape index (κ3) is 2.30. The van der Waals surface area contributed by atoms with Gasteiger partial charge in [0.15, 0.2) is 5.78 Å². The highest BCUT2D eigenvalue weighted by atomic mass is 16.5. The molecule has 3 heteroatoms. The second-order valence-electron chi connectivity index (χ2n) is 9.13. The molecule has 0 aromatic heterocycles. The fraction of sp³-hybridized carbons (Fsp3) is 0.727. The van der Waals surface area contributed by atoms with Gasteiger partial charge in [0.1, 0.15) is 6.10 Å². The highest BCUT2D eigenvalue weighted by molar-refractivity contribution is 5.95. The number of ketones is 1. The number of methoxy groups -OCH3 is 1. The number of hydrogen-bond acceptors (Lipinski definition) is 3. The van der Waals surface area contributed by atoms with Gasteiger partial charge in [-0.1, -0.05) is 25.0 Å². The number of rotatable bonds is 1. The number of carbonyl (C=O) groups is 1. The quantitative estimate of drug-likeness (QED) is 0.656. The van der Waals surface area contributed by atoms with Crippen molar-refractivity contribution in [2.24, 2.45) is 28.6 Å². The molecule has 0 radical (unpaired) electrons. The van der Waals surface area contributed by atoms with Crippen LogP contribution in [0, 0.1) is 39.9 Å². The van der Waals surface area contributed by atoms with Gasteiger partial charge in [-0.25, -0.2) is 0 Å². The normalized spacial score (nSPS) is 47.5. The molecule has 4 aliphatic rings. The number of allylic oxidation sites excluding steroid dienone is 3. The molecule has 0 aromatic rings. The Bertz CT molecular complexity index is 699. The van der Waals surface area contributed by atoms with Crippen LogP contribution in [0.4, 0.5) is 0 Å². The SMILES string of the molecule is CO[C@H]1C[C@@]2(C)C(=CC1=O)CC[C@@H]1[C@@H]2CC[C@]2(C)/C(=C\C#N)CC[C@@H]12. The summed E-state index contributed by atoms with van der Waals surface area (Å²) in [6, 6.07) is 2.29. The lowest BCUT2D eigenvalue weighted by Gasteiger charge is -2.58. The molecule has 25 heavy (non-hydrogen) atoms. The largest absolute Gasteiger partial charge is 0.373 e. The highest BCUT2D eigenvalue weighted by Gasteiger charge is 2.58. The van der Waals surface area contributed by atoms with Crippen molar-refractivity contribution in [2.75, 3.05) is 7.11 Å². The van der Waals surface area contributed by atoms with Crippen LogP contribution in [-0.4, -0.2) is 19.0 Å². The Labute approximate surface area is 151 Å². The van der Waals surface area contributed by atoms with Gasteiger partial charge in [-0.3, -0.25) is 4.79 Å². The molecule has 0 heterocycles. The molecular formula is C22H29NO2. The Kier molecular flexibility index (Phi) is 3.96. The van der Waals surface area contributed by atoms with Crippen LogP contribution in [0.2, 0.25) is 0 Å². The maximum atomic E-state index is 12.3. The number of ether oxygens (including phenoxy) is 1. The predicted molar refractivity (Wildman–Crippen MR) is 96.6 cm³/mol. The van der Waals surface area contributed by atoms with Gasteiger partial charge >= 0.3 is 0 Å². The first kappa shape index (κ1) is 17.0. The second-order valence-corrected chi connectivity index (χ2v) is 9.13. The summed E-state index contributed by atoms with van der Waals surface area (Å²) in [5.41, 5.74) is 3.10. The van der Waals surface area contributed by atoms with Gasteiger partial charge in [0.25, 0.3) is 0 Å². The molecular weight excluding hydrogens is 310 g/mol. The van der Waals surface area contributed by atoms with Crippen molar-refractivity contribution in [3.05, 3.63) is 23.3 Å². The summed E-state index contributed by atoms with van der Waals surface area (Å²) in [5, 5.41) is 9.16. The van der Waals surface area contributed by atoms with Gasteiger partial charge in [-0.15, -0.1) is 0 Å². The highest BCUT2D eigenvalue weighted by Crippen LogP contribution is 2.66. The van der Waals surface area contributed by atoms with Gasteiger partial charge < -0.3 is 4.74 Å². The smallest absolute Gasteiger partial charge is 0.184 e. The van der Waals surface area contributed by atoms with E-state index in [1.54, 1.807) is 7.11 Å². The van der Waals surface area contributed by atoms with Crippen LogP contribution in [0.5, 0.6) is 0 Å². The Balaban J connectivity index is 1.68. The van der Waals surface area contributed by atoms with E-state index in [0.717, 1.165) is 25.2 Å². The second kappa shape index (κ2) is 5.81. The first-order valence-corrected chi connectivity index (χ1v) is 9.81. The average Bonchev–Trinajstić information content (AvgIpc) is 2.92. The molecule has 0 aliphatic heterocycles. The van der Waals surface area contributed by atoms with Gasteiger partial charge in [0, 0.05) is 13.2 Å². The average molecular weight is 339 g/mol. The molecule has 0 bridgehead atoms. The lowest BCUT2D eigenvalue weighted by atomic mass is 9.47. The lowest BCUT2D eigenvalue weighted by Crippen LogP contribution is -2.51. The molecule has 0 aromatic carbocycles. The summed E-state index contributed by atoms with van der Waals surface area (Å²) in [7, 11) is 1.67. The zero-order valence-electron chi connectivity index (χ0n) is 15.7. The van der Waals surface area contributed by atoms with E-state index in [1.807, 2.05) is 12.2 Å². The zero-order chi connectivity index (χ0) is 17.8. The number of hydrogen-bond donors (Lipinski definition) is 0. The van der Waals surface area contributed by atoms with Crippen LogP contribution in [-0.2, 0) is 9.53 Å². The van der Waals surface area contributed by atoms with Gasteiger partial charge in [-0.05, 0) is 79.6 Å². The molecule has 134 valence electrons. The third-order valence-electron chi connectivity index (χ3n) is 8.35. The van der Waals surface area contributed by atoms with Crippen molar-refractivity contribution >= 4 is 5.78 Å². The minimum Gasteiger partial charge on any atom is -0.373 e. The van der Waals surface area contributed by atoms with Gasteiger partial charge in [0.05, 0.1) is 6.07 Å². The first-order chi connectivity index (χ1) is 11.9. The topological polar surface area (TPSA) is 50.1 Å². The van der Waals surface area contributed by atoms with Crippen molar-refractivity contribution in [2.45, 2.75) is 64.9 Å². The van der Waals surface area contributed by atoms with E-state index in [-0.39, 0.29) is 22.7 Å². The van der Waals surface area contributed by atoms with Crippen LogP contribution in [0.1, 0.15) is 58.8 Å². The van der Waals surface area contributed by atoms with Crippen molar-refractivity contribution in [3.8, 4) is 6.07 Å². The number of nitrogens with zero attached hydrogens (tertiary/aromatic N) is 1. The molecule has 0 spiro atoms. The summed E-state index contributed by atoms with van der Waals surface area (Å²) in [5.74, 6) is 2.23. The summed E-state index contributed by atoms with van der Waals surface area (Å²) in [6.45, 7) is 4.79. The van der Waals surface area contributed by atoms with E-state index < -0.39 is 0 Å². The monoisotopic (exact) mass is 339 g/mol. The molecule has 0 amide bonds. The van der Waals surface area contributed by atoms with Crippen molar-refractivity contribution in [1.82, 2.24) is 0 Å². The summed E-state index contributed by atoms with van der Waals surface area (Å²) >= 11 is 0. The van der Waals surface area contributed by atoms with Crippen LogP contribution in [0.3, 0.4) is 0 Å². The molecule has 3 saturated carbocycles. The zero-order valence-corrected chi connectivity index (χ0v) is 15.7. The maximum Gasteiger partial charge on any atom is 0.184 e. The van der Waals surface area contributed by atoms with Crippen LogP contribution < -0.4 is 0 Å². The van der Waals surface area contributed by atoms with Crippen LogP contribution >= 0.6 is 0 Å². The minimum atomic E-state index is -0.265. The Morgan fingerprint density at radius 2 is 1.96 bits per heavy atom. The fourth-order valence-electron chi connectivity index (χ4n) is 6.96. The molecule has 3 fully saturated rings. The summed E-state index contributed by atoms with van der Waals surface area (Å²) < 4.78 is 5.51. The molecule has 0 N–H and O–H groups in total. The fourth-order valence-corrected chi connectivity index (χ4v) is 6.96. The number of carbonyl (C=O) groups excluding carboxylic acids is 1. The van der Waals surface area contributed by atoms with E-state index in [2.05, 4.69) is 19.9 Å². The molecule has 3 nitrogen and oxygen atoms in total. The van der Waals surface area contributed by atoms with Crippen LogP contribution in [0.15, 0.2) is 23.3 Å². The molecule has 4 rings (SSSR count).